The van der Waals surface area contributed by atoms with Crippen molar-refractivity contribution in [2.45, 2.75) is 39.2 Å². The number of nitrogens with one attached hydrogen (secondary N) is 1. The maximum absolute atomic E-state index is 12.1. The standard InChI is InChI=1S/C11H24N2O2S/c1-10(2)9-13(11-5-6-11)16(14,15)8-4-7-12-3/h10-12H,4-9H2,1-3H3. The number of rotatable bonds is 8. The molecule has 4 nitrogen and oxygen atoms in total. The molecule has 0 radical (unpaired) electrons. The Balaban J connectivity index is 2.54. The molecule has 0 bridgehead atoms. The quantitative estimate of drug-likeness (QED) is 0.653. The van der Waals surface area contributed by atoms with Crippen LogP contribution in [0.1, 0.15) is 33.1 Å². The van der Waals surface area contributed by atoms with E-state index in [1.165, 1.54) is 0 Å². The highest BCUT2D eigenvalue weighted by atomic mass is 32.2. The van der Waals surface area contributed by atoms with Gasteiger partial charge in [-0.1, -0.05) is 13.8 Å². The van der Waals surface area contributed by atoms with E-state index in [4.69, 9.17) is 0 Å². The molecule has 0 aromatic rings. The van der Waals surface area contributed by atoms with Crippen LogP contribution in [0.2, 0.25) is 0 Å². The molecule has 0 aromatic heterocycles. The molecular weight excluding hydrogens is 224 g/mol. The molecule has 5 heteroatoms. The summed E-state index contributed by atoms with van der Waals surface area (Å²) in [4.78, 5) is 0. The average Bonchev–Trinajstić information content (AvgIpc) is 2.97. The Kier molecular flexibility index (Phi) is 5.21. The minimum absolute atomic E-state index is 0.275. The Morgan fingerprint density at radius 1 is 1.38 bits per heavy atom. The van der Waals surface area contributed by atoms with Gasteiger partial charge in [-0.25, -0.2) is 8.42 Å². The third-order valence-electron chi connectivity index (χ3n) is 2.69. The molecule has 1 fully saturated rings. The van der Waals surface area contributed by atoms with E-state index in [0.29, 0.717) is 24.9 Å². The largest absolute Gasteiger partial charge is 0.320 e. The summed E-state index contributed by atoms with van der Waals surface area (Å²) in [6.45, 7) is 5.57. The second-order valence-corrected chi connectivity index (χ2v) is 7.01. The first-order valence-corrected chi connectivity index (χ1v) is 7.72. The van der Waals surface area contributed by atoms with Crippen molar-refractivity contribution in [2.24, 2.45) is 5.92 Å². The maximum Gasteiger partial charge on any atom is 0.214 e. The number of nitrogens with zero attached hydrogens (tertiary/aromatic N) is 1. The Morgan fingerprint density at radius 2 is 2.00 bits per heavy atom. The van der Waals surface area contributed by atoms with Crippen molar-refractivity contribution in [3.8, 4) is 0 Å². The monoisotopic (exact) mass is 248 g/mol. The summed E-state index contributed by atoms with van der Waals surface area (Å²) >= 11 is 0. The first-order valence-electron chi connectivity index (χ1n) is 6.11. The van der Waals surface area contributed by atoms with E-state index < -0.39 is 10.0 Å². The van der Waals surface area contributed by atoms with Crippen LogP contribution in [-0.4, -0.2) is 44.7 Å². The van der Waals surface area contributed by atoms with Crippen molar-refractivity contribution < 1.29 is 8.42 Å². The van der Waals surface area contributed by atoms with Gasteiger partial charge in [0.25, 0.3) is 0 Å². The van der Waals surface area contributed by atoms with Crippen LogP contribution in [0.5, 0.6) is 0 Å². The lowest BCUT2D eigenvalue weighted by atomic mass is 10.2. The van der Waals surface area contributed by atoms with Crippen LogP contribution in [0.3, 0.4) is 0 Å². The summed E-state index contributed by atoms with van der Waals surface area (Å²) in [5.74, 6) is 0.677. The van der Waals surface area contributed by atoms with E-state index in [1.807, 2.05) is 7.05 Å². The van der Waals surface area contributed by atoms with E-state index in [1.54, 1.807) is 4.31 Å². The van der Waals surface area contributed by atoms with Gasteiger partial charge in [-0.15, -0.1) is 0 Å². The number of hydrogen-bond donors (Lipinski definition) is 1. The molecule has 0 spiro atoms. The highest BCUT2D eigenvalue weighted by molar-refractivity contribution is 7.89. The number of hydrogen-bond acceptors (Lipinski definition) is 3. The smallest absolute Gasteiger partial charge is 0.214 e. The van der Waals surface area contributed by atoms with E-state index in [2.05, 4.69) is 19.2 Å². The van der Waals surface area contributed by atoms with Gasteiger partial charge in [0.1, 0.15) is 0 Å². The zero-order chi connectivity index (χ0) is 12.2. The lowest BCUT2D eigenvalue weighted by Gasteiger charge is -2.23. The predicted octanol–water partition coefficient (Wildman–Crippen LogP) is 1.05. The molecule has 1 aliphatic carbocycles. The summed E-state index contributed by atoms with van der Waals surface area (Å²) in [5.41, 5.74) is 0. The molecule has 1 saturated carbocycles. The first-order chi connectivity index (χ1) is 7.47. The van der Waals surface area contributed by atoms with E-state index >= 15 is 0 Å². The predicted molar refractivity (Wildman–Crippen MR) is 66.9 cm³/mol. The molecule has 1 rings (SSSR count). The highest BCUT2D eigenvalue weighted by Gasteiger charge is 2.36. The van der Waals surface area contributed by atoms with Crippen LogP contribution < -0.4 is 5.32 Å². The average molecular weight is 248 g/mol. The highest BCUT2D eigenvalue weighted by Crippen LogP contribution is 2.30. The Morgan fingerprint density at radius 3 is 2.44 bits per heavy atom. The number of sulfonamides is 1. The molecule has 16 heavy (non-hydrogen) atoms. The van der Waals surface area contributed by atoms with Gasteiger partial charge in [0.15, 0.2) is 0 Å². The van der Waals surface area contributed by atoms with Crippen LogP contribution in [-0.2, 0) is 10.0 Å². The van der Waals surface area contributed by atoms with Crippen LogP contribution >= 0.6 is 0 Å². The zero-order valence-electron chi connectivity index (χ0n) is 10.6. The van der Waals surface area contributed by atoms with Gasteiger partial charge in [-0.3, -0.25) is 0 Å². The second kappa shape index (κ2) is 5.98. The zero-order valence-corrected chi connectivity index (χ0v) is 11.4. The molecule has 96 valence electrons. The molecule has 0 atom stereocenters. The fourth-order valence-corrected chi connectivity index (χ4v) is 3.69. The maximum atomic E-state index is 12.1. The third kappa shape index (κ3) is 4.39. The van der Waals surface area contributed by atoms with E-state index in [9.17, 15) is 8.42 Å². The molecule has 1 aliphatic rings. The molecule has 0 amide bonds. The molecule has 0 saturated heterocycles. The van der Waals surface area contributed by atoms with Crippen molar-refractivity contribution >= 4 is 10.0 Å². The van der Waals surface area contributed by atoms with Crippen molar-refractivity contribution in [1.82, 2.24) is 9.62 Å². The van der Waals surface area contributed by atoms with Gasteiger partial charge < -0.3 is 5.32 Å². The summed E-state index contributed by atoms with van der Waals surface area (Å²) in [5, 5.41) is 2.98. The molecule has 0 heterocycles. The second-order valence-electron chi connectivity index (χ2n) is 4.97. The lowest BCUT2D eigenvalue weighted by Crippen LogP contribution is -2.38. The summed E-state index contributed by atoms with van der Waals surface area (Å²) < 4.78 is 26.0. The topological polar surface area (TPSA) is 49.4 Å². The minimum atomic E-state index is -3.03. The van der Waals surface area contributed by atoms with Crippen molar-refractivity contribution in [3.05, 3.63) is 0 Å². The normalized spacial score (nSPS) is 17.3. The van der Waals surface area contributed by atoms with E-state index in [-0.39, 0.29) is 5.75 Å². The summed E-state index contributed by atoms with van der Waals surface area (Å²) in [7, 11) is -1.19. The summed E-state index contributed by atoms with van der Waals surface area (Å²) in [6, 6.07) is 0.294. The summed E-state index contributed by atoms with van der Waals surface area (Å²) in [6.07, 6.45) is 2.77. The Labute approximate surface area is 99.5 Å². The van der Waals surface area contributed by atoms with Crippen molar-refractivity contribution in [2.75, 3.05) is 25.9 Å². The van der Waals surface area contributed by atoms with Gasteiger partial charge in [-0.05, 0) is 38.8 Å². The van der Waals surface area contributed by atoms with Gasteiger partial charge >= 0.3 is 0 Å². The van der Waals surface area contributed by atoms with Crippen LogP contribution in [0.4, 0.5) is 0 Å². The van der Waals surface area contributed by atoms with Crippen LogP contribution in [0.25, 0.3) is 0 Å². The van der Waals surface area contributed by atoms with Crippen molar-refractivity contribution in [1.29, 1.82) is 0 Å². The molecule has 0 unspecified atom stereocenters. The lowest BCUT2D eigenvalue weighted by molar-refractivity contribution is 0.359. The van der Waals surface area contributed by atoms with Gasteiger partial charge in [0, 0.05) is 12.6 Å². The van der Waals surface area contributed by atoms with Gasteiger partial charge in [-0.2, -0.15) is 4.31 Å². The fraction of sp³-hybridized carbons (Fsp3) is 1.00. The first kappa shape index (κ1) is 13.9. The SMILES string of the molecule is CNCCCS(=O)(=O)N(CC(C)C)C1CC1. The molecule has 0 aliphatic heterocycles. The fourth-order valence-electron chi connectivity index (χ4n) is 1.76. The van der Waals surface area contributed by atoms with Gasteiger partial charge in [0.2, 0.25) is 10.0 Å². The van der Waals surface area contributed by atoms with E-state index in [0.717, 1.165) is 19.4 Å². The molecule has 1 N–H and O–H groups in total. The minimum Gasteiger partial charge on any atom is -0.320 e. The molecular formula is C11H24N2O2S. The van der Waals surface area contributed by atoms with Gasteiger partial charge in [0.05, 0.1) is 5.75 Å². The molecule has 0 aromatic carbocycles. The van der Waals surface area contributed by atoms with Crippen LogP contribution in [0.15, 0.2) is 0 Å². The van der Waals surface area contributed by atoms with Crippen molar-refractivity contribution in [3.63, 3.8) is 0 Å². The van der Waals surface area contributed by atoms with Crippen LogP contribution in [0, 0.1) is 5.92 Å². The third-order valence-corrected chi connectivity index (χ3v) is 4.65. The Hall–Kier alpha value is -0.130. The Bertz CT molecular complexity index is 297.